The molecule has 1 rings (SSSR count). The Hall–Kier alpha value is -0.670. The van der Waals surface area contributed by atoms with Crippen LogP contribution in [0.1, 0.15) is 19.3 Å². The van der Waals surface area contributed by atoms with Crippen molar-refractivity contribution in [2.24, 2.45) is 5.92 Å². The number of hydrogen-bond donors (Lipinski definition) is 1. The molecule has 1 aliphatic rings. The lowest BCUT2D eigenvalue weighted by Gasteiger charge is -1.92. The molecule has 1 N–H and O–H groups in total. The second kappa shape index (κ2) is 2.18. The monoisotopic (exact) mass is 150 g/mol. The van der Waals surface area contributed by atoms with E-state index in [4.69, 9.17) is 5.11 Å². The predicted molar refractivity (Wildman–Crippen MR) is 29.9 cm³/mol. The molecule has 1 fully saturated rings. The molecule has 2 nitrogen and oxygen atoms in total. The number of halogens is 2. The number of carbonyl (C=O) groups is 1. The van der Waals surface area contributed by atoms with E-state index in [1.54, 1.807) is 0 Å². The van der Waals surface area contributed by atoms with Crippen LogP contribution in [0.2, 0.25) is 0 Å². The number of carboxylic acid groups (broad SMARTS) is 1. The van der Waals surface area contributed by atoms with Gasteiger partial charge in [-0.3, -0.25) is 4.79 Å². The minimum atomic E-state index is -2.56. The van der Waals surface area contributed by atoms with Crippen molar-refractivity contribution < 1.29 is 18.7 Å². The summed E-state index contributed by atoms with van der Waals surface area (Å²) in [7, 11) is 0. The summed E-state index contributed by atoms with van der Waals surface area (Å²) in [5.74, 6) is -4.22. The highest BCUT2D eigenvalue weighted by atomic mass is 19.3. The van der Waals surface area contributed by atoms with Gasteiger partial charge in [-0.2, -0.15) is 0 Å². The van der Waals surface area contributed by atoms with Gasteiger partial charge in [0, 0.05) is 18.8 Å². The Morgan fingerprint density at radius 2 is 2.20 bits per heavy atom. The predicted octanol–water partition coefficient (Wildman–Crippen LogP) is 1.51. The van der Waals surface area contributed by atoms with E-state index in [1.807, 2.05) is 0 Å². The van der Waals surface area contributed by atoms with Crippen molar-refractivity contribution in [2.75, 3.05) is 0 Å². The minimum absolute atomic E-state index is 0.113. The van der Waals surface area contributed by atoms with E-state index in [1.165, 1.54) is 0 Å². The molecule has 0 aliphatic heterocycles. The number of alkyl halides is 2. The fourth-order valence-electron chi connectivity index (χ4n) is 0.881. The van der Waals surface area contributed by atoms with E-state index < -0.39 is 17.8 Å². The lowest BCUT2D eigenvalue weighted by atomic mass is 10.2. The van der Waals surface area contributed by atoms with Gasteiger partial charge in [0.15, 0.2) is 0 Å². The van der Waals surface area contributed by atoms with Crippen molar-refractivity contribution in [1.29, 1.82) is 0 Å². The second-order valence-corrected chi connectivity index (χ2v) is 2.59. The third-order valence-electron chi connectivity index (χ3n) is 1.66. The van der Waals surface area contributed by atoms with Gasteiger partial charge in [0.1, 0.15) is 0 Å². The van der Waals surface area contributed by atoms with Crippen LogP contribution in [0.5, 0.6) is 0 Å². The molecule has 0 heterocycles. The van der Waals surface area contributed by atoms with Gasteiger partial charge in [0.25, 0.3) is 5.92 Å². The molecule has 1 aliphatic carbocycles. The van der Waals surface area contributed by atoms with E-state index in [2.05, 4.69) is 0 Å². The highest BCUT2D eigenvalue weighted by Crippen LogP contribution is 2.51. The maximum absolute atomic E-state index is 12.1. The van der Waals surface area contributed by atoms with Crippen LogP contribution in [-0.2, 0) is 4.79 Å². The summed E-state index contributed by atoms with van der Waals surface area (Å²) in [5.41, 5.74) is 0. The third kappa shape index (κ3) is 1.65. The van der Waals surface area contributed by atoms with E-state index in [9.17, 15) is 13.6 Å². The normalized spacial score (nSPS) is 28.0. The maximum Gasteiger partial charge on any atom is 0.303 e. The molecular formula is C6H8F2O2. The molecule has 0 radical (unpaired) electrons. The van der Waals surface area contributed by atoms with Gasteiger partial charge in [-0.25, -0.2) is 8.78 Å². The number of aliphatic carboxylic acids is 1. The van der Waals surface area contributed by atoms with E-state index in [-0.39, 0.29) is 19.3 Å². The Bertz CT molecular complexity index is 156. The lowest BCUT2D eigenvalue weighted by molar-refractivity contribution is -0.137. The summed E-state index contributed by atoms with van der Waals surface area (Å²) in [5, 5.41) is 8.12. The van der Waals surface area contributed by atoms with Crippen molar-refractivity contribution in [3.05, 3.63) is 0 Å². The maximum atomic E-state index is 12.1. The Morgan fingerprint density at radius 1 is 1.70 bits per heavy atom. The molecule has 0 spiro atoms. The summed E-state index contributed by atoms with van der Waals surface area (Å²) in [4.78, 5) is 9.90. The van der Waals surface area contributed by atoms with Crippen LogP contribution < -0.4 is 0 Å². The minimum Gasteiger partial charge on any atom is -0.481 e. The van der Waals surface area contributed by atoms with Crippen molar-refractivity contribution in [1.82, 2.24) is 0 Å². The average Bonchev–Trinajstić information content (AvgIpc) is 2.35. The van der Waals surface area contributed by atoms with Crippen LogP contribution in [0.15, 0.2) is 0 Å². The molecular weight excluding hydrogens is 142 g/mol. The van der Waals surface area contributed by atoms with Gasteiger partial charge >= 0.3 is 5.97 Å². The standard InChI is InChI=1S/C6H8F2O2/c7-6(8)3-4(6)1-2-5(9)10/h4H,1-3H2,(H,9,10)/t4-/m1/s1. The first-order valence-electron chi connectivity index (χ1n) is 3.12. The zero-order valence-corrected chi connectivity index (χ0v) is 5.31. The molecule has 0 unspecified atom stereocenters. The summed E-state index contributed by atoms with van der Waals surface area (Å²) in [6.45, 7) is 0. The molecule has 10 heavy (non-hydrogen) atoms. The number of carboxylic acids is 1. The topological polar surface area (TPSA) is 37.3 Å². The van der Waals surface area contributed by atoms with Crippen LogP contribution >= 0.6 is 0 Å². The lowest BCUT2D eigenvalue weighted by Crippen LogP contribution is -1.98. The fourth-order valence-corrected chi connectivity index (χ4v) is 0.881. The first kappa shape index (κ1) is 7.44. The van der Waals surface area contributed by atoms with Crippen molar-refractivity contribution in [2.45, 2.75) is 25.2 Å². The highest BCUT2D eigenvalue weighted by Gasteiger charge is 2.56. The molecule has 0 aromatic carbocycles. The fraction of sp³-hybridized carbons (Fsp3) is 0.833. The molecule has 0 aromatic rings. The highest BCUT2D eigenvalue weighted by molar-refractivity contribution is 5.66. The third-order valence-corrected chi connectivity index (χ3v) is 1.66. The summed E-state index contributed by atoms with van der Waals surface area (Å²) in [6.07, 6.45) is -0.150. The SMILES string of the molecule is O=C(O)CC[C@@H]1CC1(F)F. The van der Waals surface area contributed by atoms with Gasteiger partial charge < -0.3 is 5.11 Å². The zero-order chi connectivity index (χ0) is 7.78. The van der Waals surface area contributed by atoms with Gasteiger partial charge in [0.05, 0.1) is 0 Å². The second-order valence-electron chi connectivity index (χ2n) is 2.59. The van der Waals surface area contributed by atoms with Gasteiger partial charge in [-0.05, 0) is 6.42 Å². The molecule has 0 amide bonds. The Labute approximate surface area is 56.8 Å². The van der Waals surface area contributed by atoms with Gasteiger partial charge in [-0.15, -0.1) is 0 Å². The summed E-state index contributed by atoms with van der Waals surface area (Å²) >= 11 is 0. The van der Waals surface area contributed by atoms with Crippen molar-refractivity contribution in [3.8, 4) is 0 Å². The van der Waals surface area contributed by atoms with Gasteiger partial charge in [0.2, 0.25) is 0 Å². The smallest absolute Gasteiger partial charge is 0.303 e. The van der Waals surface area contributed by atoms with Crippen LogP contribution in [0.3, 0.4) is 0 Å². The van der Waals surface area contributed by atoms with Crippen LogP contribution in [-0.4, -0.2) is 17.0 Å². The Balaban J connectivity index is 2.13. The van der Waals surface area contributed by atoms with E-state index in [0.717, 1.165) is 0 Å². The number of hydrogen-bond acceptors (Lipinski definition) is 1. The molecule has 1 saturated carbocycles. The summed E-state index contributed by atoms with van der Waals surface area (Å²) in [6, 6.07) is 0. The van der Waals surface area contributed by atoms with Crippen LogP contribution in [0.4, 0.5) is 8.78 Å². The molecule has 1 atom stereocenters. The quantitative estimate of drug-likeness (QED) is 0.662. The van der Waals surface area contributed by atoms with E-state index in [0.29, 0.717) is 0 Å². The molecule has 58 valence electrons. The van der Waals surface area contributed by atoms with Crippen molar-refractivity contribution in [3.63, 3.8) is 0 Å². The van der Waals surface area contributed by atoms with Gasteiger partial charge in [-0.1, -0.05) is 0 Å². The number of rotatable bonds is 3. The Kier molecular flexibility index (Phi) is 1.62. The molecule has 0 saturated heterocycles. The first-order valence-corrected chi connectivity index (χ1v) is 3.12. The van der Waals surface area contributed by atoms with Crippen molar-refractivity contribution >= 4 is 5.97 Å². The molecule has 0 aromatic heterocycles. The Morgan fingerprint density at radius 3 is 2.50 bits per heavy atom. The molecule has 4 heteroatoms. The van der Waals surface area contributed by atoms with Crippen LogP contribution in [0.25, 0.3) is 0 Å². The van der Waals surface area contributed by atoms with Crippen LogP contribution in [0, 0.1) is 5.92 Å². The zero-order valence-electron chi connectivity index (χ0n) is 5.31. The first-order chi connectivity index (χ1) is 4.52. The largest absolute Gasteiger partial charge is 0.481 e. The van der Waals surface area contributed by atoms with E-state index >= 15 is 0 Å². The average molecular weight is 150 g/mol. The summed E-state index contributed by atoms with van der Waals surface area (Å²) < 4.78 is 24.1. The molecule has 0 bridgehead atoms.